The van der Waals surface area contributed by atoms with Gasteiger partial charge in [-0.05, 0) is 60.7 Å². The van der Waals surface area contributed by atoms with Crippen LogP contribution in [0.4, 0.5) is 0 Å². The van der Waals surface area contributed by atoms with Crippen molar-refractivity contribution in [2.24, 2.45) is 0 Å². The number of aromatic nitrogens is 5. The molecular formula is C67H38N6. The summed E-state index contributed by atoms with van der Waals surface area (Å²) in [7, 11) is 0. The lowest BCUT2D eigenvalue weighted by molar-refractivity contribution is 1.03. The number of hydrogen-bond donors (Lipinski definition) is 0. The number of benzene rings is 11. The molecule has 0 bridgehead atoms. The molecule has 0 atom stereocenters. The quantitative estimate of drug-likeness (QED) is 0.173. The van der Waals surface area contributed by atoms with Crippen LogP contribution in [-0.2, 0) is 0 Å². The van der Waals surface area contributed by atoms with Gasteiger partial charge < -0.3 is 22.7 Å². The summed E-state index contributed by atoms with van der Waals surface area (Å²) in [6.07, 6.45) is 0. The van der Waals surface area contributed by atoms with E-state index in [1.54, 1.807) is 0 Å². The van der Waals surface area contributed by atoms with Gasteiger partial charge in [0.1, 0.15) is 0 Å². The Kier molecular flexibility index (Phi) is 7.45. The number of nitriles is 1. The fourth-order valence-electron chi connectivity index (χ4n) is 13.3. The molecule has 0 aliphatic heterocycles. The molecule has 0 aliphatic carbocycles. The van der Waals surface area contributed by atoms with Gasteiger partial charge in [0.25, 0.3) is 0 Å². The first-order valence-electron chi connectivity index (χ1n) is 24.9. The number of nitrogens with zero attached hydrogens (tertiary/aromatic N) is 6. The van der Waals surface area contributed by atoms with E-state index in [2.05, 4.69) is 259 Å². The smallest absolute Gasteiger partial charge is 0.0999 e. The van der Waals surface area contributed by atoms with E-state index in [-0.39, 0.29) is 0 Å². The van der Waals surface area contributed by atoms with Gasteiger partial charge in [-0.25, -0.2) is 0 Å². The van der Waals surface area contributed by atoms with Gasteiger partial charge >= 0.3 is 0 Å². The standard InChI is InChI=1S/C67H38N6/c68-39-40-37-38-50-61-63(69-51-28-10-1-19-41(51)42-20-2-11-29-52(42)69)65(70-53-30-12-3-21-43(53)44-22-4-13-31-54(44)70)67(72-57-34-16-7-25-47(57)48-26-8-17-35-58(48)72)66(64(61)73-59-36-18-9-27-49(59)60(40)62(50)73)71-55-32-14-5-23-45(55)46-24-6-15-33-56(46)71/h1-38H. The topological polar surface area (TPSA) is 47.9 Å². The van der Waals surface area contributed by atoms with Gasteiger partial charge in [0.15, 0.2) is 0 Å². The van der Waals surface area contributed by atoms with Crippen LogP contribution < -0.4 is 0 Å². The first-order chi connectivity index (χ1) is 36.3. The molecule has 6 heterocycles. The molecule has 6 heteroatoms. The summed E-state index contributed by atoms with van der Waals surface area (Å²) < 4.78 is 12.8. The van der Waals surface area contributed by atoms with Crippen LogP contribution in [-0.4, -0.2) is 22.7 Å². The summed E-state index contributed by atoms with van der Waals surface area (Å²) in [6, 6.07) is 86.9. The van der Waals surface area contributed by atoms with Crippen LogP contribution in [0.2, 0.25) is 0 Å². The third kappa shape index (κ3) is 4.77. The van der Waals surface area contributed by atoms with Gasteiger partial charge in [-0.15, -0.1) is 0 Å². The maximum atomic E-state index is 11.1. The zero-order chi connectivity index (χ0) is 47.6. The van der Waals surface area contributed by atoms with E-state index in [1.165, 1.54) is 43.1 Å². The second kappa shape index (κ2) is 14.0. The molecule has 0 amide bonds. The van der Waals surface area contributed by atoms with Crippen LogP contribution in [0.25, 0.3) is 148 Å². The average molecular weight is 927 g/mol. The Hall–Kier alpha value is -10.1. The second-order valence-electron chi connectivity index (χ2n) is 19.4. The molecule has 0 fully saturated rings. The molecule has 17 rings (SSSR count). The Morgan fingerprint density at radius 1 is 0.233 bits per heavy atom. The molecule has 336 valence electrons. The SMILES string of the molecule is N#Cc1ccc2c3c(-n4c5ccccc5c5ccccc54)c(-n4c5ccccc5c5ccccc54)c(-n4c5ccccc5c5ccccc54)c(-n4c5ccccc5c5ccccc54)c3n3c4ccccc4c1c23. The van der Waals surface area contributed by atoms with E-state index in [1.807, 2.05) is 0 Å². The summed E-state index contributed by atoms with van der Waals surface area (Å²) in [5.41, 5.74) is 16.8. The normalized spacial score (nSPS) is 12.4. The lowest BCUT2D eigenvalue weighted by Gasteiger charge is -2.27. The van der Waals surface area contributed by atoms with Gasteiger partial charge in [0.05, 0.1) is 95.1 Å². The Labute approximate surface area is 416 Å². The molecule has 11 aromatic carbocycles. The van der Waals surface area contributed by atoms with Crippen molar-refractivity contribution >= 4 is 125 Å². The first kappa shape index (κ1) is 38.7. The molecule has 73 heavy (non-hydrogen) atoms. The van der Waals surface area contributed by atoms with Crippen LogP contribution >= 0.6 is 0 Å². The molecular weight excluding hydrogens is 889 g/mol. The highest BCUT2D eigenvalue weighted by molar-refractivity contribution is 6.31. The molecule has 0 N–H and O–H groups in total. The Morgan fingerprint density at radius 3 is 0.877 bits per heavy atom. The lowest BCUT2D eigenvalue weighted by atomic mass is 9.99. The van der Waals surface area contributed by atoms with Gasteiger partial charge in [0.2, 0.25) is 0 Å². The van der Waals surface area contributed by atoms with Crippen molar-refractivity contribution in [1.29, 1.82) is 5.26 Å². The molecule has 17 aromatic rings. The minimum atomic E-state index is 0.656. The fourth-order valence-corrected chi connectivity index (χ4v) is 13.3. The predicted octanol–water partition coefficient (Wildman–Crippen LogP) is 17.1. The minimum absolute atomic E-state index is 0.656. The van der Waals surface area contributed by atoms with Gasteiger partial charge in [0, 0.05) is 64.6 Å². The number of para-hydroxylation sites is 9. The predicted molar refractivity (Wildman–Crippen MR) is 303 cm³/mol. The van der Waals surface area contributed by atoms with Crippen molar-refractivity contribution in [3.05, 3.63) is 236 Å². The summed E-state index contributed by atoms with van der Waals surface area (Å²) in [5, 5.41) is 24.7. The van der Waals surface area contributed by atoms with Crippen molar-refractivity contribution in [3.63, 3.8) is 0 Å². The monoisotopic (exact) mass is 926 g/mol. The zero-order valence-electron chi connectivity index (χ0n) is 39.1. The van der Waals surface area contributed by atoms with Crippen LogP contribution in [0.15, 0.2) is 231 Å². The maximum Gasteiger partial charge on any atom is 0.0999 e. The minimum Gasteiger partial charge on any atom is -0.306 e. The van der Waals surface area contributed by atoms with E-state index in [0.29, 0.717) is 5.56 Å². The molecule has 0 saturated carbocycles. The van der Waals surface area contributed by atoms with E-state index in [0.717, 1.165) is 105 Å². The molecule has 0 radical (unpaired) electrons. The highest BCUT2D eigenvalue weighted by Gasteiger charge is 2.35. The molecule has 0 saturated heterocycles. The summed E-state index contributed by atoms with van der Waals surface area (Å²) in [5.74, 6) is 0. The maximum absolute atomic E-state index is 11.1. The van der Waals surface area contributed by atoms with Crippen molar-refractivity contribution in [1.82, 2.24) is 22.7 Å². The number of rotatable bonds is 4. The molecule has 0 spiro atoms. The largest absolute Gasteiger partial charge is 0.306 e. The number of hydrogen-bond acceptors (Lipinski definition) is 1. The summed E-state index contributed by atoms with van der Waals surface area (Å²) in [6.45, 7) is 0. The molecule has 0 unspecified atom stereocenters. The lowest BCUT2D eigenvalue weighted by Crippen LogP contribution is -2.14. The van der Waals surface area contributed by atoms with E-state index >= 15 is 0 Å². The van der Waals surface area contributed by atoms with Crippen molar-refractivity contribution in [2.75, 3.05) is 0 Å². The summed E-state index contributed by atoms with van der Waals surface area (Å²) in [4.78, 5) is 0. The number of fused-ring (bicyclic) bond motifs is 18. The zero-order valence-corrected chi connectivity index (χ0v) is 39.1. The van der Waals surface area contributed by atoms with Crippen molar-refractivity contribution < 1.29 is 0 Å². The van der Waals surface area contributed by atoms with Crippen molar-refractivity contribution in [2.45, 2.75) is 0 Å². The summed E-state index contributed by atoms with van der Waals surface area (Å²) >= 11 is 0. The van der Waals surface area contributed by atoms with Crippen LogP contribution in [0.3, 0.4) is 0 Å². The Morgan fingerprint density at radius 2 is 0.521 bits per heavy atom. The van der Waals surface area contributed by atoms with Crippen LogP contribution in [0.1, 0.15) is 5.56 Å². The van der Waals surface area contributed by atoms with E-state index in [4.69, 9.17) is 0 Å². The van der Waals surface area contributed by atoms with E-state index < -0.39 is 0 Å². The average Bonchev–Trinajstić information content (AvgIpc) is 4.37. The Balaban J connectivity index is 1.31. The fraction of sp³-hybridized carbons (Fsp3) is 0. The van der Waals surface area contributed by atoms with Gasteiger partial charge in [-0.1, -0.05) is 170 Å². The Bertz CT molecular complexity index is 5080. The van der Waals surface area contributed by atoms with Crippen LogP contribution in [0, 0.1) is 11.3 Å². The molecule has 6 aromatic heterocycles. The second-order valence-corrected chi connectivity index (χ2v) is 19.4. The molecule has 0 aliphatic rings. The molecule has 6 nitrogen and oxygen atoms in total. The van der Waals surface area contributed by atoms with E-state index in [9.17, 15) is 5.26 Å². The van der Waals surface area contributed by atoms with Gasteiger partial charge in [-0.2, -0.15) is 5.26 Å². The van der Waals surface area contributed by atoms with Crippen LogP contribution in [0.5, 0.6) is 0 Å². The third-order valence-corrected chi connectivity index (χ3v) is 16.0. The first-order valence-corrected chi connectivity index (χ1v) is 24.9. The highest BCUT2D eigenvalue weighted by Crippen LogP contribution is 2.54. The van der Waals surface area contributed by atoms with Crippen molar-refractivity contribution in [3.8, 4) is 28.8 Å². The van der Waals surface area contributed by atoms with Gasteiger partial charge in [-0.3, -0.25) is 0 Å². The highest BCUT2D eigenvalue weighted by atomic mass is 15.2. The third-order valence-electron chi connectivity index (χ3n) is 16.0.